The lowest BCUT2D eigenvalue weighted by atomic mass is 9.75. The van der Waals surface area contributed by atoms with E-state index in [2.05, 4.69) is 11.9 Å². The number of halogens is 4. The van der Waals surface area contributed by atoms with Crippen molar-refractivity contribution in [1.29, 1.82) is 0 Å². The Hall–Kier alpha value is -2.69. The summed E-state index contributed by atoms with van der Waals surface area (Å²) in [6.07, 6.45) is 1.06. The van der Waals surface area contributed by atoms with Crippen molar-refractivity contribution in [3.63, 3.8) is 0 Å². The monoisotopic (exact) mass is 489 g/mol. The van der Waals surface area contributed by atoms with Crippen LogP contribution in [0.25, 0.3) is 0 Å². The Kier molecular flexibility index (Phi) is 9.63. The number of carbonyl (C=O) groups excluding carboxylic acids is 1. The molecule has 0 aliphatic rings. The number of carbonyl (C=O) groups is 1. The van der Waals surface area contributed by atoms with Crippen LogP contribution in [0.5, 0.6) is 0 Å². The first-order chi connectivity index (χ1) is 15.5. The molecule has 174 valence electrons. The minimum atomic E-state index is -0.588. The predicted octanol–water partition coefficient (Wildman–Crippen LogP) is 8.28. The van der Waals surface area contributed by atoms with Gasteiger partial charge in [-0.3, -0.25) is 4.79 Å². The molecule has 0 aliphatic heterocycles. The summed E-state index contributed by atoms with van der Waals surface area (Å²) in [5.74, 6) is -0.514. The largest absolute Gasteiger partial charge is 0.360 e. The van der Waals surface area contributed by atoms with Gasteiger partial charge in [0.25, 0.3) is 0 Å². The molecule has 0 saturated carbocycles. The van der Waals surface area contributed by atoms with E-state index in [4.69, 9.17) is 23.2 Å². The standard InChI is InChI=1S/C18H18F2O.C9H9Cl2N/c1-13(21)18(2,11-14-3-7-16(19)8-4-14)12-15-5-9-17(20)10-6-15;1-6(2)12-7-3-4-8(10)9(11)5-7/h3-10H,11-12H2,1-2H3;3-5,12H,1H2,2H3. The molecule has 0 aliphatic carbocycles. The van der Waals surface area contributed by atoms with Crippen LogP contribution < -0.4 is 5.32 Å². The third-order valence-electron chi connectivity index (χ3n) is 5.14. The molecule has 0 radical (unpaired) electrons. The number of allylic oxidation sites excluding steroid dienone is 1. The van der Waals surface area contributed by atoms with Gasteiger partial charge in [-0.2, -0.15) is 0 Å². The van der Waals surface area contributed by atoms with E-state index >= 15 is 0 Å². The molecule has 33 heavy (non-hydrogen) atoms. The zero-order valence-corrected chi connectivity index (χ0v) is 20.4. The topological polar surface area (TPSA) is 29.1 Å². The average molecular weight is 490 g/mol. The van der Waals surface area contributed by atoms with E-state index in [1.54, 1.807) is 43.3 Å². The van der Waals surface area contributed by atoms with Crippen LogP contribution in [-0.2, 0) is 17.6 Å². The lowest BCUT2D eigenvalue weighted by molar-refractivity contribution is -0.125. The minimum Gasteiger partial charge on any atom is -0.360 e. The highest BCUT2D eigenvalue weighted by atomic mass is 35.5. The SMILES string of the molecule is C=C(C)Nc1ccc(Cl)c(Cl)c1.CC(=O)C(C)(Cc1ccc(F)cc1)Cc1ccc(F)cc1. The van der Waals surface area contributed by atoms with Gasteiger partial charge in [0.05, 0.1) is 10.0 Å². The molecule has 2 nitrogen and oxygen atoms in total. The van der Waals surface area contributed by atoms with E-state index in [1.165, 1.54) is 24.3 Å². The van der Waals surface area contributed by atoms with Gasteiger partial charge in [-0.25, -0.2) is 8.78 Å². The third-order valence-corrected chi connectivity index (χ3v) is 5.88. The number of Topliss-reactive ketones (excluding diaryl/α,β-unsaturated/α-hetero) is 1. The molecular formula is C27H27Cl2F2NO. The van der Waals surface area contributed by atoms with Crippen LogP contribution in [0.1, 0.15) is 31.9 Å². The van der Waals surface area contributed by atoms with Crippen molar-refractivity contribution >= 4 is 34.7 Å². The highest BCUT2D eigenvalue weighted by Crippen LogP contribution is 2.29. The average Bonchev–Trinajstić information content (AvgIpc) is 2.74. The first-order valence-corrected chi connectivity index (χ1v) is 11.1. The van der Waals surface area contributed by atoms with Crippen molar-refractivity contribution in [2.45, 2.75) is 33.6 Å². The van der Waals surface area contributed by atoms with E-state index < -0.39 is 5.41 Å². The molecule has 0 fully saturated rings. The van der Waals surface area contributed by atoms with Crippen molar-refractivity contribution in [2.75, 3.05) is 5.32 Å². The Balaban J connectivity index is 0.000000273. The second-order valence-electron chi connectivity index (χ2n) is 8.26. The summed E-state index contributed by atoms with van der Waals surface area (Å²) in [6, 6.07) is 17.7. The fraction of sp³-hybridized carbons (Fsp3) is 0.222. The van der Waals surface area contributed by atoms with E-state index in [-0.39, 0.29) is 17.4 Å². The Bertz CT molecular complexity index is 1050. The normalized spacial score (nSPS) is 10.8. The van der Waals surface area contributed by atoms with E-state index in [1.807, 2.05) is 19.9 Å². The molecule has 1 N–H and O–H groups in total. The van der Waals surface area contributed by atoms with Crippen LogP contribution in [0.4, 0.5) is 14.5 Å². The maximum atomic E-state index is 13.0. The molecule has 3 rings (SSSR count). The summed E-state index contributed by atoms with van der Waals surface area (Å²) in [4.78, 5) is 12.1. The number of nitrogens with one attached hydrogen (secondary N) is 1. The summed E-state index contributed by atoms with van der Waals surface area (Å²) in [6.45, 7) is 9.05. The fourth-order valence-corrected chi connectivity index (χ4v) is 3.54. The summed E-state index contributed by atoms with van der Waals surface area (Å²) in [5.41, 5.74) is 3.01. The van der Waals surface area contributed by atoms with Gasteiger partial charge in [0, 0.05) is 16.8 Å². The second kappa shape index (κ2) is 12.0. The highest BCUT2D eigenvalue weighted by molar-refractivity contribution is 6.42. The van der Waals surface area contributed by atoms with Gasteiger partial charge in [-0.15, -0.1) is 0 Å². The third kappa shape index (κ3) is 8.64. The Morgan fingerprint density at radius 1 is 0.848 bits per heavy atom. The molecule has 0 unspecified atom stereocenters. The van der Waals surface area contributed by atoms with Crippen LogP contribution in [0.2, 0.25) is 10.0 Å². The molecule has 3 aromatic carbocycles. The molecule has 0 spiro atoms. The van der Waals surface area contributed by atoms with Crippen molar-refractivity contribution < 1.29 is 13.6 Å². The van der Waals surface area contributed by atoms with Gasteiger partial charge in [0.1, 0.15) is 17.4 Å². The van der Waals surface area contributed by atoms with Gasteiger partial charge in [-0.1, -0.05) is 61.0 Å². The summed E-state index contributed by atoms with van der Waals surface area (Å²) >= 11 is 11.5. The van der Waals surface area contributed by atoms with Crippen LogP contribution in [-0.4, -0.2) is 5.78 Å². The van der Waals surface area contributed by atoms with E-state index in [0.29, 0.717) is 22.9 Å². The van der Waals surface area contributed by atoms with Gasteiger partial charge in [0.2, 0.25) is 0 Å². The number of hydrogen-bond donors (Lipinski definition) is 1. The number of ketones is 1. The minimum absolute atomic E-state index is 0.0659. The number of benzene rings is 3. The zero-order chi connectivity index (χ0) is 24.6. The quantitative estimate of drug-likeness (QED) is 0.361. The first kappa shape index (κ1) is 26.6. The maximum absolute atomic E-state index is 13.0. The zero-order valence-electron chi connectivity index (χ0n) is 18.9. The van der Waals surface area contributed by atoms with Gasteiger partial charge in [0.15, 0.2) is 0 Å². The molecule has 6 heteroatoms. The van der Waals surface area contributed by atoms with Crippen LogP contribution in [0.3, 0.4) is 0 Å². The number of anilines is 1. The molecule has 0 atom stereocenters. The van der Waals surface area contributed by atoms with Crippen LogP contribution in [0.15, 0.2) is 79.0 Å². The molecule has 0 aromatic heterocycles. The van der Waals surface area contributed by atoms with Gasteiger partial charge >= 0.3 is 0 Å². The lowest BCUT2D eigenvalue weighted by Crippen LogP contribution is -2.30. The Morgan fingerprint density at radius 3 is 1.67 bits per heavy atom. The van der Waals surface area contributed by atoms with Crippen molar-refractivity contribution in [3.8, 4) is 0 Å². The van der Waals surface area contributed by atoms with Crippen molar-refractivity contribution in [2.24, 2.45) is 5.41 Å². The van der Waals surface area contributed by atoms with E-state index in [0.717, 1.165) is 22.5 Å². The van der Waals surface area contributed by atoms with Crippen molar-refractivity contribution in [1.82, 2.24) is 0 Å². The van der Waals surface area contributed by atoms with Gasteiger partial charge < -0.3 is 5.32 Å². The Morgan fingerprint density at radius 2 is 1.30 bits per heavy atom. The predicted molar refractivity (Wildman–Crippen MR) is 134 cm³/mol. The summed E-state index contributed by atoms with van der Waals surface area (Å²) < 4.78 is 25.9. The lowest BCUT2D eigenvalue weighted by Gasteiger charge is -2.27. The fourth-order valence-electron chi connectivity index (χ4n) is 3.24. The first-order valence-electron chi connectivity index (χ1n) is 10.4. The molecular weight excluding hydrogens is 463 g/mol. The second-order valence-corrected chi connectivity index (χ2v) is 9.07. The summed E-state index contributed by atoms with van der Waals surface area (Å²) in [5, 5.41) is 4.14. The van der Waals surface area contributed by atoms with E-state index in [9.17, 15) is 13.6 Å². The van der Waals surface area contributed by atoms with Gasteiger partial charge in [-0.05, 0) is 80.3 Å². The van der Waals surface area contributed by atoms with Crippen LogP contribution in [0, 0.1) is 17.0 Å². The Labute approximate surface area is 204 Å². The van der Waals surface area contributed by atoms with Crippen molar-refractivity contribution in [3.05, 3.63) is 112 Å². The molecule has 0 heterocycles. The van der Waals surface area contributed by atoms with Crippen LogP contribution >= 0.6 is 23.2 Å². The molecule has 3 aromatic rings. The number of rotatable bonds is 7. The number of hydrogen-bond acceptors (Lipinski definition) is 2. The summed E-state index contributed by atoms with van der Waals surface area (Å²) in [7, 11) is 0. The highest BCUT2D eigenvalue weighted by Gasteiger charge is 2.30. The maximum Gasteiger partial charge on any atom is 0.136 e. The molecule has 0 saturated heterocycles. The molecule has 0 amide bonds. The smallest absolute Gasteiger partial charge is 0.136 e. The molecule has 0 bridgehead atoms.